The number of carbonyl (C=O) groups excluding carboxylic acids is 1. The smallest absolute Gasteiger partial charge is 0.263 e. The van der Waals surface area contributed by atoms with Crippen molar-refractivity contribution in [2.75, 3.05) is 5.32 Å². The Morgan fingerprint density at radius 3 is 2.73 bits per heavy atom. The van der Waals surface area contributed by atoms with E-state index in [1.165, 1.54) is 16.9 Å². The summed E-state index contributed by atoms with van der Waals surface area (Å²) < 4.78 is 7.06. The summed E-state index contributed by atoms with van der Waals surface area (Å²) in [7, 11) is 0. The molecule has 10 heteroatoms. The maximum absolute atomic E-state index is 12.9. The molecule has 0 spiro atoms. The van der Waals surface area contributed by atoms with Crippen LogP contribution in [0.4, 0.5) is 5.13 Å². The molecule has 0 bridgehead atoms. The van der Waals surface area contributed by atoms with Gasteiger partial charge >= 0.3 is 0 Å². The number of nitrogens with one attached hydrogen (secondary N) is 1. The van der Waals surface area contributed by atoms with Crippen molar-refractivity contribution < 1.29 is 9.32 Å². The monoisotopic (exact) mass is 520 g/mol. The predicted molar refractivity (Wildman–Crippen MR) is 123 cm³/mol. The SMILES string of the molecule is Cc1onc(-c2ccccc2Cl)c1C(=O)Nc1nnc(SCc2ccc(Br)cc2)s1. The van der Waals surface area contributed by atoms with Crippen molar-refractivity contribution in [1.82, 2.24) is 15.4 Å². The van der Waals surface area contributed by atoms with Gasteiger partial charge in [0.1, 0.15) is 17.0 Å². The average Bonchev–Trinajstić information content (AvgIpc) is 3.34. The summed E-state index contributed by atoms with van der Waals surface area (Å²) >= 11 is 12.6. The Labute approximate surface area is 194 Å². The van der Waals surface area contributed by atoms with Crippen LogP contribution in [-0.2, 0) is 5.75 Å². The third-order valence-electron chi connectivity index (χ3n) is 4.12. The first kappa shape index (κ1) is 21.0. The third kappa shape index (κ3) is 4.75. The molecule has 30 heavy (non-hydrogen) atoms. The van der Waals surface area contributed by atoms with Crippen molar-refractivity contribution in [3.63, 3.8) is 0 Å². The minimum absolute atomic E-state index is 0.322. The lowest BCUT2D eigenvalue weighted by atomic mass is 10.1. The van der Waals surface area contributed by atoms with Gasteiger partial charge in [-0.2, -0.15) is 0 Å². The van der Waals surface area contributed by atoms with Crippen molar-refractivity contribution in [3.8, 4) is 11.3 Å². The Bertz CT molecular complexity index is 1190. The molecule has 1 N–H and O–H groups in total. The summed E-state index contributed by atoms with van der Waals surface area (Å²) in [5.74, 6) is 0.790. The molecule has 0 unspecified atom stereocenters. The van der Waals surface area contributed by atoms with Crippen molar-refractivity contribution in [2.24, 2.45) is 0 Å². The number of anilines is 1. The van der Waals surface area contributed by atoms with Crippen LogP contribution in [0.1, 0.15) is 21.7 Å². The largest absolute Gasteiger partial charge is 0.360 e. The number of halogens is 2. The second-order valence-electron chi connectivity index (χ2n) is 6.18. The van der Waals surface area contributed by atoms with Gasteiger partial charge in [-0.15, -0.1) is 10.2 Å². The van der Waals surface area contributed by atoms with Crippen LogP contribution < -0.4 is 5.32 Å². The summed E-state index contributed by atoms with van der Waals surface area (Å²) in [5, 5.41) is 15.9. The zero-order valence-corrected chi connectivity index (χ0v) is 19.5. The Balaban J connectivity index is 1.47. The number of carbonyl (C=O) groups is 1. The first-order valence-electron chi connectivity index (χ1n) is 8.74. The van der Waals surface area contributed by atoms with Crippen molar-refractivity contribution >= 4 is 61.7 Å². The lowest BCUT2D eigenvalue weighted by Gasteiger charge is -2.04. The number of benzene rings is 2. The minimum atomic E-state index is -0.371. The molecule has 6 nitrogen and oxygen atoms in total. The van der Waals surface area contributed by atoms with E-state index in [-0.39, 0.29) is 5.91 Å². The number of aryl methyl sites for hydroxylation is 1. The molecular weight excluding hydrogens is 508 g/mol. The molecule has 0 radical (unpaired) electrons. The van der Waals surface area contributed by atoms with Gasteiger partial charge in [0.15, 0.2) is 4.34 Å². The van der Waals surface area contributed by atoms with Gasteiger partial charge in [0.2, 0.25) is 5.13 Å². The Hall–Kier alpha value is -2.20. The number of hydrogen-bond donors (Lipinski definition) is 1. The lowest BCUT2D eigenvalue weighted by molar-refractivity contribution is 0.102. The minimum Gasteiger partial charge on any atom is -0.360 e. The molecule has 0 aliphatic carbocycles. The quantitative estimate of drug-likeness (QED) is 0.232. The van der Waals surface area contributed by atoms with E-state index in [2.05, 4.69) is 36.6 Å². The van der Waals surface area contributed by atoms with Crippen LogP contribution in [0.25, 0.3) is 11.3 Å². The first-order valence-corrected chi connectivity index (χ1v) is 11.7. The molecular formula is C20H14BrClN4O2S2. The fraction of sp³-hybridized carbons (Fsp3) is 0.100. The van der Waals surface area contributed by atoms with Crippen LogP contribution in [0.15, 0.2) is 61.9 Å². The fourth-order valence-electron chi connectivity index (χ4n) is 2.68. The molecule has 0 saturated heterocycles. The molecule has 0 aliphatic heterocycles. The van der Waals surface area contributed by atoms with Gasteiger partial charge in [-0.25, -0.2) is 0 Å². The lowest BCUT2D eigenvalue weighted by Crippen LogP contribution is -2.13. The van der Waals surface area contributed by atoms with Gasteiger partial charge in [0, 0.05) is 15.8 Å². The van der Waals surface area contributed by atoms with Gasteiger partial charge in [0.05, 0.1) is 5.02 Å². The summed E-state index contributed by atoms with van der Waals surface area (Å²) in [4.78, 5) is 12.9. The standard InChI is InChI=1S/C20H14BrClN4O2S2/c1-11-16(17(26-28-11)14-4-2-3-5-15(14)22)18(27)23-19-24-25-20(30-19)29-10-12-6-8-13(21)9-7-12/h2-9H,10H2,1H3,(H,23,24,27). The third-order valence-corrected chi connectivity index (χ3v) is 7.02. The van der Waals surface area contributed by atoms with Gasteiger partial charge in [-0.1, -0.05) is 86.1 Å². The van der Waals surface area contributed by atoms with E-state index in [1.54, 1.807) is 30.8 Å². The van der Waals surface area contributed by atoms with Crippen LogP contribution in [0.3, 0.4) is 0 Å². The summed E-state index contributed by atoms with van der Waals surface area (Å²) in [6.07, 6.45) is 0. The number of hydrogen-bond acceptors (Lipinski definition) is 7. The molecule has 4 rings (SSSR count). The fourth-order valence-corrected chi connectivity index (χ4v) is 4.87. The van der Waals surface area contributed by atoms with E-state index in [1.807, 2.05) is 36.4 Å². The zero-order chi connectivity index (χ0) is 21.1. The predicted octanol–water partition coefficient (Wildman–Crippen LogP) is 6.46. The topological polar surface area (TPSA) is 80.9 Å². The van der Waals surface area contributed by atoms with Gasteiger partial charge in [-0.3, -0.25) is 10.1 Å². The van der Waals surface area contributed by atoms with E-state index < -0.39 is 0 Å². The number of amides is 1. The van der Waals surface area contributed by atoms with E-state index >= 15 is 0 Å². The Morgan fingerprint density at radius 2 is 1.97 bits per heavy atom. The number of aromatic nitrogens is 3. The molecule has 0 saturated carbocycles. The van der Waals surface area contributed by atoms with Crippen LogP contribution >= 0.6 is 50.6 Å². The van der Waals surface area contributed by atoms with E-state index in [0.717, 1.165) is 14.6 Å². The molecule has 1 amide bonds. The zero-order valence-electron chi connectivity index (χ0n) is 15.6. The first-order chi connectivity index (χ1) is 14.5. The van der Waals surface area contributed by atoms with Crippen molar-refractivity contribution in [3.05, 3.63) is 74.9 Å². The van der Waals surface area contributed by atoms with Crippen molar-refractivity contribution in [1.29, 1.82) is 0 Å². The van der Waals surface area contributed by atoms with E-state index in [9.17, 15) is 4.79 Å². The number of nitrogens with zero attached hydrogens (tertiary/aromatic N) is 3. The molecule has 0 aliphatic rings. The maximum Gasteiger partial charge on any atom is 0.263 e. The summed E-state index contributed by atoms with van der Waals surface area (Å²) in [6, 6.07) is 15.3. The molecule has 0 atom stereocenters. The second kappa shape index (κ2) is 9.30. The average molecular weight is 522 g/mol. The van der Waals surface area contributed by atoms with Crippen LogP contribution in [-0.4, -0.2) is 21.3 Å². The molecule has 152 valence electrons. The molecule has 2 aromatic heterocycles. The second-order valence-corrected chi connectivity index (χ2v) is 9.71. The van der Waals surface area contributed by atoms with Gasteiger partial charge < -0.3 is 4.52 Å². The Morgan fingerprint density at radius 1 is 1.20 bits per heavy atom. The van der Waals surface area contributed by atoms with E-state index in [4.69, 9.17) is 16.1 Å². The maximum atomic E-state index is 12.9. The summed E-state index contributed by atoms with van der Waals surface area (Å²) in [6.45, 7) is 1.68. The number of rotatable bonds is 6. The molecule has 0 fully saturated rings. The number of thioether (sulfide) groups is 1. The van der Waals surface area contributed by atoms with Crippen molar-refractivity contribution in [2.45, 2.75) is 17.0 Å². The molecule has 2 aromatic carbocycles. The molecule has 4 aromatic rings. The van der Waals surface area contributed by atoms with Crippen LogP contribution in [0, 0.1) is 6.92 Å². The van der Waals surface area contributed by atoms with Gasteiger partial charge in [-0.05, 0) is 30.7 Å². The highest BCUT2D eigenvalue weighted by Gasteiger charge is 2.24. The highest BCUT2D eigenvalue weighted by molar-refractivity contribution is 9.10. The van der Waals surface area contributed by atoms with Crippen LogP contribution in [0.5, 0.6) is 0 Å². The molecule has 2 heterocycles. The van der Waals surface area contributed by atoms with E-state index in [0.29, 0.717) is 32.7 Å². The highest BCUT2D eigenvalue weighted by atomic mass is 79.9. The highest BCUT2D eigenvalue weighted by Crippen LogP contribution is 2.33. The Kier molecular flexibility index (Phi) is 6.52. The van der Waals surface area contributed by atoms with Gasteiger partial charge in [0.25, 0.3) is 5.91 Å². The normalized spacial score (nSPS) is 10.9. The van der Waals surface area contributed by atoms with Crippen LogP contribution in [0.2, 0.25) is 5.02 Å². The summed E-state index contributed by atoms with van der Waals surface area (Å²) in [5.41, 5.74) is 2.52.